The first-order valence-electron chi connectivity index (χ1n) is 4.97. The number of aliphatic hydroxyl groups excluding tert-OH is 1. The lowest BCUT2D eigenvalue weighted by Gasteiger charge is -2.02. The third kappa shape index (κ3) is 7.87. The van der Waals surface area contributed by atoms with Crippen LogP contribution in [0.2, 0.25) is 0 Å². The third-order valence-corrected chi connectivity index (χ3v) is 1.47. The highest BCUT2D eigenvalue weighted by Crippen LogP contribution is 2.10. The Bertz CT molecular complexity index is 331. The van der Waals surface area contributed by atoms with Crippen LogP contribution in [0.1, 0.15) is 12.5 Å². The highest BCUT2D eigenvalue weighted by atomic mass is 16.7. The number of hydrogen-bond acceptors (Lipinski definition) is 5. The Kier molecular flexibility index (Phi) is 8.14. The summed E-state index contributed by atoms with van der Waals surface area (Å²) in [5.41, 5.74) is 0.767. The summed E-state index contributed by atoms with van der Waals surface area (Å²) in [6.07, 6.45) is 0.201. The maximum absolute atomic E-state index is 10.7. The van der Waals surface area contributed by atoms with Gasteiger partial charge in [-0.25, -0.2) is 4.79 Å². The summed E-state index contributed by atoms with van der Waals surface area (Å²) in [6, 6.07) is 6.32. The Labute approximate surface area is 99.9 Å². The van der Waals surface area contributed by atoms with E-state index in [0.29, 0.717) is 0 Å². The van der Waals surface area contributed by atoms with Crippen molar-refractivity contribution in [3.63, 3.8) is 0 Å². The Morgan fingerprint density at radius 2 is 1.94 bits per heavy atom. The average molecular weight is 240 g/mol. The summed E-state index contributed by atoms with van der Waals surface area (Å²) in [5, 5.41) is 16.5. The Hall–Kier alpha value is -2.01. The van der Waals surface area contributed by atoms with Crippen LogP contribution in [0.15, 0.2) is 37.1 Å². The minimum absolute atomic E-state index is 0.104. The predicted molar refractivity (Wildman–Crippen MR) is 62.3 cm³/mol. The quantitative estimate of drug-likeness (QED) is 0.625. The van der Waals surface area contributed by atoms with E-state index in [4.69, 9.17) is 14.9 Å². The van der Waals surface area contributed by atoms with Gasteiger partial charge in [-0.1, -0.05) is 18.7 Å². The fraction of sp³-hybridized carbons (Fsp3) is 0.250. The molecule has 5 heteroatoms. The fourth-order valence-electron chi connectivity index (χ4n) is 0.836. The first-order chi connectivity index (χ1) is 8.13. The first kappa shape index (κ1) is 15.0. The molecule has 0 bridgehead atoms. The van der Waals surface area contributed by atoms with E-state index in [1.54, 1.807) is 19.1 Å². The normalized spacial score (nSPS) is 8.59. The van der Waals surface area contributed by atoms with Crippen LogP contribution < -0.4 is 0 Å². The molecule has 0 aromatic heterocycles. The number of hydrogen-bond donors (Lipinski definition) is 2. The van der Waals surface area contributed by atoms with Crippen molar-refractivity contribution in [2.24, 2.45) is 0 Å². The molecule has 0 amide bonds. The Balaban J connectivity index is 0.000000770. The molecule has 0 heterocycles. The summed E-state index contributed by atoms with van der Waals surface area (Å²) >= 11 is 0. The maximum Gasteiger partial charge on any atom is 0.513 e. The van der Waals surface area contributed by atoms with Crippen molar-refractivity contribution in [2.45, 2.75) is 13.5 Å². The van der Waals surface area contributed by atoms with Gasteiger partial charge in [0.1, 0.15) is 12.4 Å². The summed E-state index contributed by atoms with van der Waals surface area (Å²) in [4.78, 5) is 10.7. The summed E-state index contributed by atoms with van der Waals surface area (Å²) in [6.45, 7) is 5.25. The standard InChI is InChI=1S/C10H10O4.C2H6O/c1-2-13-10(12)14-7-8-3-5-9(11)6-4-8;1-2-3/h2-6,11H,1,7H2;3H,2H2,1H3. The van der Waals surface area contributed by atoms with Crippen molar-refractivity contribution in [3.8, 4) is 5.75 Å². The number of aliphatic hydroxyl groups is 1. The largest absolute Gasteiger partial charge is 0.513 e. The molecule has 1 aromatic rings. The molecule has 0 atom stereocenters. The molecule has 0 radical (unpaired) electrons. The van der Waals surface area contributed by atoms with Crippen molar-refractivity contribution in [2.75, 3.05) is 6.61 Å². The van der Waals surface area contributed by atoms with E-state index in [1.165, 1.54) is 12.1 Å². The van der Waals surface area contributed by atoms with E-state index in [2.05, 4.69) is 11.3 Å². The lowest BCUT2D eigenvalue weighted by molar-refractivity contribution is 0.0788. The number of phenolic OH excluding ortho intramolecular Hbond substituents is 1. The SMILES string of the molecule is C=COC(=O)OCc1ccc(O)cc1.CCO. The van der Waals surface area contributed by atoms with Crippen molar-refractivity contribution >= 4 is 6.16 Å². The van der Waals surface area contributed by atoms with Gasteiger partial charge in [-0.15, -0.1) is 0 Å². The highest BCUT2D eigenvalue weighted by molar-refractivity contribution is 5.60. The van der Waals surface area contributed by atoms with Crippen LogP contribution in [0.3, 0.4) is 0 Å². The summed E-state index contributed by atoms with van der Waals surface area (Å²) in [5.74, 6) is 0.169. The smallest absolute Gasteiger partial charge is 0.508 e. The van der Waals surface area contributed by atoms with E-state index >= 15 is 0 Å². The van der Waals surface area contributed by atoms with E-state index in [1.807, 2.05) is 0 Å². The second-order valence-electron chi connectivity index (χ2n) is 2.81. The molecule has 1 aromatic carbocycles. The van der Waals surface area contributed by atoms with Gasteiger partial charge in [-0.3, -0.25) is 0 Å². The molecule has 0 aliphatic carbocycles. The summed E-state index contributed by atoms with van der Waals surface area (Å²) in [7, 11) is 0. The van der Waals surface area contributed by atoms with Crippen LogP contribution in [0.5, 0.6) is 5.75 Å². The molecular weight excluding hydrogens is 224 g/mol. The van der Waals surface area contributed by atoms with Gasteiger partial charge in [0, 0.05) is 6.61 Å². The molecular formula is C12H16O5. The van der Waals surface area contributed by atoms with Gasteiger partial charge in [0.05, 0.1) is 6.26 Å². The second-order valence-corrected chi connectivity index (χ2v) is 2.81. The topological polar surface area (TPSA) is 76.0 Å². The molecule has 0 saturated heterocycles. The van der Waals surface area contributed by atoms with Crippen LogP contribution in [-0.2, 0) is 16.1 Å². The molecule has 0 aliphatic heterocycles. The van der Waals surface area contributed by atoms with Crippen LogP contribution in [0.25, 0.3) is 0 Å². The first-order valence-corrected chi connectivity index (χ1v) is 4.97. The molecule has 0 fully saturated rings. The highest BCUT2D eigenvalue weighted by Gasteiger charge is 2.01. The molecule has 0 spiro atoms. The van der Waals surface area contributed by atoms with Crippen molar-refractivity contribution in [3.05, 3.63) is 42.7 Å². The molecule has 5 nitrogen and oxygen atoms in total. The molecule has 17 heavy (non-hydrogen) atoms. The predicted octanol–water partition coefficient (Wildman–Crippen LogP) is 2.19. The number of rotatable bonds is 3. The van der Waals surface area contributed by atoms with Crippen LogP contribution >= 0.6 is 0 Å². The van der Waals surface area contributed by atoms with Gasteiger partial charge in [0.15, 0.2) is 0 Å². The monoisotopic (exact) mass is 240 g/mol. The van der Waals surface area contributed by atoms with Crippen LogP contribution in [0.4, 0.5) is 4.79 Å². The Morgan fingerprint density at radius 1 is 1.41 bits per heavy atom. The zero-order valence-corrected chi connectivity index (χ0v) is 9.63. The van der Waals surface area contributed by atoms with E-state index in [9.17, 15) is 4.79 Å². The van der Waals surface area contributed by atoms with Gasteiger partial charge < -0.3 is 19.7 Å². The minimum atomic E-state index is -0.798. The lowest BCUT2D eigenvalue weighted by Crippen LogP contribution is -2.03. The van der Waals surface area contributed by atoms with Crippen LogP contribution in [-0.4, -0.2) is 23.0 Å². The number of phenols is 1. The van der Waals surface area contributed by atoms with Crippen LogP contribution in [0, 0.1) is 0 Å². The lowest BCUT2D eigenvalue weighted by atomic mass is 10.2. The molecule has 2 N–H and O–H groups in total. The number of carbonyl (C=O) groups is 1. The molecule has 0 unspecified atom stereocenters. The maximum atomic E-state index is 10.7. The number of ether oxygens (including phenoxy) is 2. The minimum Gasteiger partial charge on any atom is -0.508 e. The van der Waals surface area contributed by atoms with Gasteiger partial charge in [0.25, 0.3) is 0 Å². The number of benzene rings is 1. The number of carbonyl (C=O) groups excluding carboxylic acids is 1. The molecule has 0 aliphatic rings. The average Bonchev–Trinajstić information content (AvgIpc) is 2.30. The Morgan fingerprint density at radius 3 is 2.41 bits per heavy atom. The van der Waals surface area contributed by atoms with Gasteiger partial charge in [0.2, 0.25) is 0 Å². The van der Waals surface area contributed by atoms with Gasteiger partial charge in [-0.2, -0.15) is 0 Å². The third-order valence-electron chi connectivity index (χ3n) is 1.47. The van der Waals surface area contributed by atoms with Crippen molar-refractivity contribution in [1.29, 1.82) is 0 Å². The number of aromatic hydroxyl groups is 1. The fourth-order valence-corrected chi connectivity index (χ4v) is 0.836. The van der Waals surface area contributed by atoms with Crippen molar-refractivity contribution < 1.29 is 24.5 Å². The van der Waals surface area contributed by atoms with E-state index in [0.717, 1.165) is 11.8 Å². The zero-order chi connectivity index (χ0) is 13.1. The van der Waals surface area contributed by atoms with E-state index < -0.39 is 6.16 Å². The summed E-state index contributed by atoms with van der Waals surface area (Å²) < 4.78 is 9.03. The molecule has 94 valence electrons. The van der Waals surface area contributed by atoms with Crippen molar-refractivity contribution in [1.82, 2.24) is 0 Å². The van der Waals surface area contributed by atoms with Gasteiger partial charge in [-0.05, 0) is 24.6 Å². The molecule has 1 rings (SSSR count). The zero-order valence-electron chi connectivity index (χ0n) is 9.63. The second kappa shape index (κ2) is 9.23. The molecule has 0 saturated carbocycles. The van der Waals surface area contributed by atoms with Gasteiger partial charge >= 0.3 is 6.16 Å². The van der Waals surface area contributed by atoms with E-state index in [-0.39, 0.29) is 19.0 Å².